The van der Waals surface area contributed by atoms with E-state index in [1.807, 2.05) is 34.6 Å². The lowest BCUT2D eigenvalue weighted by Gasteiger charge is -2.20. The van der Waals surface area contributed by atoms with Gasteiger partial charge in [0.05, 0.1) is 18.1 Å². The number of hydrogen-bond donors (Lipinski definition) is 1. The van der Waals surface area contributed by atoms with E-state index in [4.69, 9.17) is 4.74 Å². The van der Waals surface area contributed by atoms with Gasteiger partial charge in [0.15, 0.2) is 5.16 Å². The third-order valence-corrected chi connectivity index (χ3v) is 3.76. The topological polar surface area (TPSA) is 56.1 Å². The zero-order valence-electron chi connectivity index (χ0n) is 13.2. The minimum atomic E-state index is -0.199. The number of amides is 1. The summed E-state index contributed by atoms with van der Waals surface area (Å²) in [6, 6.07) is 0. The summed E-state index contributed by atoms with van der Waals surface area (Å²) >= 11 is 1.47. The molecule has 1 aromatic heterocycles. The average Bonchev–Trinajstić information content (AvgIpc) is 2.58. The van der Waals surface area contributed by atoms with E-state index in [2.05, 4.69) is 14.9 Å². The van der Waals surface area contributed by atoms with Crippen LogP contribution in [0.25, 0.3) is 0 Å². The van der Waals surface area contributed by atoms with E-state index < -0.39 is 0 Å². The lowest BCUT2D eigenvalue weighted by atomic mass is 10.1. The lowest BCUT2D eigenvalue weighted by molar-refractivity contribution is -0.119. The highest BCUT2D eigenvalue weighted by atomic mass is 32.2. The third kappa shape index (κ3) is 5.17. The number of imidazole rings is 1. The van der Waals surface area contributed by atoms with Crippen molar-refractivity contribution in [3.8, 4) is 0 Å². The first-order valence-corrected chi connectivity index (χ1v) is 7.69. The van der Waals surface area contributed by atoms with Crippen LogP contribution in [0.15, 0.2) is 5.16 Å². The van der Waals surface area contributed by atoms with Gasteiger partial charge in [-0.1, -0.05) is 11.8 Å². The molecule has 6 heteroatoms. The number of nitrogens with one attached hydrogen (secondary N) is 1. The second kappa shape index (κ2) is 7.13. The summed E-state index contributed by atoms with van der Waals surface area (Å²) in [7, 11) is 1.68. The first kappa shape index (κ1) is 17.0. The molecular weight excluding hydrogens is 274 g/mol. The number of aryl methyl sites for hydroxylation is 1. The van der Waals surface area contributed by atoms with Crippen LogP contribution in [-0.2, 0) is 16.1 Å². The molecule has 0 unspecified atom stereocenters. The van der Waals surface area contributed by atoms with Crippen molar-refractivity contribution in [2.45, 2.75) is 51.9 Å². The molecule has 1 rings (SSSR count). The maximum Gasteiger partial charge on any atom is 0.230 e. The van der Waals surface area contributed by atoms with E-state index >= 15 is 0 Å². The molecular formula is C14H25N3O2S. The maximum atomic E-state index is 11.9. The van der Waals surface area contributed by atoms with Crippen LogP contribution >= 0.6 is 11.8 Å². The van der Waals surface area contributed by atoms with Crippen molar-refractivity contribution in [3.05, 3.63) is 11.4 Å². The van der Waals surface area contributed by atoms with Crippen molar-refractivity contribution in [2.24, 2.45) is 0 Å². The SMILES string of the molecule is COCCn1c(SCC(=O)NC(C)(C)C)nc(C)c1C. The third-order valence-electron chi connectivity index (χ3n) is 2.79. The van der Waals surface area contributed by atoms with Crippen LogP contribution in [0, 0.1) is 13.8 Å². The summed E-state index contributed by atoms with van der Waals surface area (Å²) in [6.07, 6.45) is 0. The molecule has 0 spiro atoms. The smallest absolute Gasteiger partial charge is 0.230 e. The number of thioether (sulfide) groups is 1. The van der Waals surface area contributed by atoms with Gasteiger partial charge < -0.3 is 14.6 Å². The summed E-state index contributed by atoms with van der Waals surface area (Å²) in [5, 5.41) is 3.83. The Hall–Kier alpha value is -1.01. The van der Waals surface area contributed by atoms with E-state index in [0.717, 1.165) is 23.1 Å². The Bertz CT molecular complexity index is 464. The highest BCUT2D eigenvalue weighted by molar-refractivity contribution is 7.99. The zero-order chi connectivity index (χ0) is 15.3. The quantitative estimate of drug-likeness (QED) is 0.818. The van der Waals surface area contributed by atoms with Crippen molar-refractivity contribution >= 4 is 17.7 Å². The normalized spacial score (nSPS) is 11.7. The number of carbonyl (C=O) groups excluding carboxylic acids is 1. The molecule has 0 atom stereocenters. The molecule has 1 amide bonds. The van der Waals surface area contributed by atoms with Gasteiger partial charge in [0.1, 0.15) is 0 Å². The predicted molar refractivity (Wildman–Crippen MR) is 82.2 cm³/mol. The van der Waals surface area contributed by atoms with Crippen LogP contribution in [-0.4, -0.2) is 40.5 Å². The second-order valence-electron chi connectivity index (χ2n) is 5.80. The monoisotopic (exact) mass is 299 g/mol. The summed E-state index contributed by atoms with van der Waals surface area (Å²) in [5.74, 6) is 0.402. The molecule has 0 aromatic carbocycles. The van der Waals surface area contributed by atoms with Crippen LogP contribution in [0.3, 0.4) is 0 Å². The highest BCUT2D eigenvalue weighted by Crippen LogP contribution is 2.21. The number of ether oxygens (including phenoxy) is 1. The molecule has 20 heavy (non-hydrogen) atoms. The second-order valence-corrected chi connectivity index (χ2v) is 6.74. The number of carbonyl (C=O) groups is 1. The van der Waals surface area contributed by atoms with Gasteiger partial charge in [0, 0.05) is 24.9 Å². The Morgan fingerprint density at radius 3 is 2.60 bits per heavy atom. The van der Waals surface area contributed by atoms with Crippen molar-refractivity contribution in [2.75, 3.05) is 19.5 Å². The van der Waals surface area contributed by atoms with Crippen molar-refractivity contribution in [3.63, 3.8) is 0 Å². The number of nitrogens with zero attached hydrogens (tertiary/aromatic N) is 2. The highest BCUT2D eigenvalue weighted by Gasteiger charge is 2.16. The van der Waals surface area contributed by atoms with E-state index in [-0.39, 0.29) is 11.4 Å². The minimum absolute atomic E-state index is 0.0269. The molecule has 0 saturated heterocycles. The number of aromatic nitrogens is 2. The summed E-state index contributed by atoms with van der Waals surface area (Å²) in [5.41, 5.74) is 1.93. The van der Waals surface area contributed by atoms with E-state index in [1.54, 1.807) is 7.11 Å². The zero-order valence-corrected chi connectivity index (χ0v) is 14.1. The van der Waals surface area contributed by atoms with E-state index in [9.17, 15) is 4.79 Å². The standard InChI is InChI=1S/C14H25N3O2S/c1-10-11(2)17(7-8-19-6)13(15-10)20-9-12(18)16-14(3,4)5/h7-9H2,1-6H3,(H,16,18). The molecule has 0 aliphatic heterocycles. The van der Waals surface area contributed by atoms with Gasteiger partial charge in [-0.25, -0.2) is 4.98 Å². The first-order chi connectivity index (χ1) is 9.24. The van der Waals surface area contributed by atoms with Crippen LogP contribution in [0.5, 0.6) is 0 Å². The summed E-state index contributed by atoms with van der Waals surface area (Å²) < 4.78 is 7.22. The fourth-order valence-corrected chi connectivity index (χ4v) is 2.68. The van der Waals surface area contributed by atoms with Gasteiger partial charge in [-0.3, -0.25) is 4.79 Å². The molecule has 1 aromatic rings. The van der Waals surface area contributed by atoms with Gasteiger partial charge >= 0.3 is 0 Å². The minimum Gasteiger partial charge on any atom is -0.383 e. The van der Waals surface area contributed by atoms with Crippen molar-refractivity contribution < 1.29 is 9.53 Å². The van der Waals surface area contributed by atoms with Gasteiger partial charge in [0.25, 0.3) is 0 Å². The molecule has 1 heterocycles. The Morgan fingerprint density at radius 1 is 1.40 bits per heavy atom. The van der Waals surface area contributed by atoms with Crippen LogP contribution < -0.4 is 5.32 Å². The summed E-state index contributed by atoms with van der Waals surface area (Å²) in [6.45, 7) is 11.3. The number of methoxy groups -OCH3 is 1. The molecule has 1 N–H and O–H groups in total. The molecule has 0 fully saturated rings. The molecule has 0 aliphatic carbocycles. The lowest BCUT2D eigenvalue weighted by Crippen LogP contribution is -2.41. The predicted octanol–water partition coefficient (Wildman–Crippen LogP) is 2.15. The van der Waals surface area contributed by atoms with Crippen molar-refractivity contribution in [1.82, 2.24) is 14.9 Å². The molecule has 0 radical (unpaired) electrons. The van der Waals surface area contributed by atoms with Gasteiger partial charge in [0.2, 0.25) is 5.91 Å². The fourth-order valence-electron chi connectivity index (χ4n) is 1.76. The summed E-state index contributed by atoms with van der Waals surface area (Å²) in [4.78, 5) is 16.4. The van der Waals surface area contributed by atoms with Gasteiger partial charge in [-0.2, -0.15) is 0 Å². The molecule has 114 valence electrons. The Balaban J connectivity index is 2.68. The average molecular weight is 299 g/mol. The number of hydrogen-bond acceptors (Lipinski definition) is 4. The fraction of sp³-hybridized carbons (Fsp3) is 0.714. The van der Waals surface area contributed by atoms with Crippen molar-refractivity contribution in [1.29, 1.82) is 0 Å². The van der Waals surface area contributed by atoms with Crippen LogP contribution in [0.1, 0.15) is 32.2 Å². The van der Waals surface area contributed by atoms with Gasteiger partial charge in [-0.05, 0) is 34.6 Å². The molecule has 0 bridgehead atoms. The first-order valence-electron chi connectivity index (χ1n) is 6.71. The number of rotatable bonds is 6. The Morgan fingerprint density at radius 2 is 2.05 bits per heavy atom. The van der Waals surface area contributed by atoms with E-state index in [0.29, 0.717) is 12.4 Å². The largest absolute Gasteiger partial charge is 0.383 e. The van der Waals surface area contributed by atoms with E-state index in [1.165, 1.54) is 11.8 Å². The molecule has 0 saturated carbocycles. The Kier molecular flexibility index (Phi) is 6.07. The Labute approximate surface area is 125 Å². The van der Waals surface area contributed by atoms with Crippen LogP contribution in [0.2, 0.25) is 0 Å². The van der Waals surface area contributed by atoms with Gasteiger partial charge in [-0.15, -0.1) is 0 Å². The molecule has 0 aliphatic rings. The maximum absolute atomic E-state index is 11.9. The van der Waals surface area contributed by atoms with Crippen LogP contribution in [0.4, 0.5) is 0 Å². The molecule has 5 nitrogen and oxygen atoms in total.